The van der Waals surface area contributed by atoms with Gasteiger partial charge in [-0.05, 0) is 53.2 Å². The summed E-state index contributed by atoms with van der Waals surface area (Å²) in [6, 6.07) is 10.8. The van der Waals surface area contributed by atoms with Crippen molar-refractivity contribution in [2.45, 2.75) is 6.92 Å². The van der Waals surface area contributed by atoms with Gasteiger partial charge in [-0.2, -0.15) is 4.68 Å². The van der Waals surface area contributed by atoms with Crippen LogP contribution in [0.4, 0.5) is 11.4 Å². The van der Waals surface area contributed by atoms with Gasteiger partial charge in [0.15, 0.2) is 5.82 Å². The van der Waals surface area contributed by atoms with Gasteiger partial charge in [0.1, 0.15) is 0 Å². The van der Waals surface area contributed by atoms with Crippen molar-refractivity contribution in [1.82, 2.24) is 20.2 Å². The molecule has 0 aliphatic carbocycles. The average molecular weight is 301 g/mol. The molecule has 1 aromatic heterocycles. The van der Waals surface area contributed by atoms with Gasteiger partial charge < -0.3 is 11.5 Å². The molecular formula is C14H13ClN6. The molecule has 7 heteroatoms. The monoisotopic (exact) mass is 300 g/mol. The third-order valence-corrected chi connectivity index (χ3v) is 3.58. The Bertz CT molecular complexity index is 791. The Hall–Kier alpha value is -2.60. The molecule has 0 unspecified atom stereocenters. The van der Waals surface area contributed by atoms with Crippen LogP contribution < -0.4 is 11.5 Å². The number of hydrogen-bond acceptors (Lipinski definition) is 5. The fourth-order valence-electron chi connectivity index (χ4n) is 2.16. The van der Waals surface area contributed by atoms with Crippen molar-refractivity contribution in [3.63, 3.8) is 0 Å². The molecule has 2 aromatic carbocycles. The standard InChI is InChI=1S/C14H13ClN6/c1-8-12(15)3-2-4-13(8)21-14(18-19-20-21)9-5-10(16)7-11(17)6-9/h2-7H,16-17H2,1H3. The highest BCUT2D eigenvalue weighted by Gasteiger charge is 2.14. The number of nitrogen functional groups attached to an aromatic ring is 2. The van der Waals surface area contributed by atoms with Crippen molar-refractivity contribution in [2.24, 2.45) is 0 Å². The van der Waals surface area contributed by atoms with Crippen molar-refractivity contribution in [2.75, 3.05) is 11.5 Å². The number of tetrazole rings is 1. The predicted molar refractivity (Wildman–Crippen MR) is 83.2 cm³/mol. The molecule has 0 fully saturated rings. The van der Waals surface area contributed by atoms with Crippen LogP contribution >= 0.6 is 11.6 Å². The van der Waals surface area contributed by atoms with E-state index >= 15 is 0 Å². The lowest BCUT2D eigenvalue weighted by Crippen LogP contribution is -2.03. The molecule has 3 aromatic rings. The number of aromatic nitrogens is 4. The highest BCUT2D eigenvalue weighted by atomic mass is 35.5. The van der Waals surface area contributed by atoms with Crippen molar-refractivity contribution in [1.29, 1.82) is 0 Å². The Kier molecular flexibility index (Phi) is 3.23. The number of nitrogens with zero attached hydrogens (tertiary/aromatic N) is 4. The summed E-state index contributed by atoms with van der Waals surface area (Å²) in [5.41, 5.74) is 15.2. The van der Waals surface area contributed by atoms with E-state index in [1.165, 1.54) is 0 Å². The van der Waals surface area contributed by atoms with E-state index in [0.717, 1.165) is 16.8 Å². The van der Waals surface area contributed by atoms with Crippen LogP contribution in [0.5, 0.6) is 0 Å². The van der Waals surface area contributed by atoms with Gasteiger partial charge in [0.05, 0.1) is 5.69 Å². The van der Waals surface area contributed by atoms with Gasteiger partial charge in [-0.15, -0.1) is 5.10 Å². The second-order valence-corrected chi connectivity index (χ2v) is 5.09. The molecule has 1 heterocycles. The molecule has 0 bridgehead atoms. The number of hydrogen-bond donors (Lipinski definition) is 2. The minimum absolute atomic E-state index is 0.555. The van der Waals surface area contributed by atoms with Gasteiger partial charge in [-0.3, -0.25) is 0 Å². The van der Waals surface area contributed by atoms with Crippen LogP contribution in [-0.2, 0) is 0 Å². The van der Waals surface area contributed by atoms with Crippen molar-refractivity contribution >= 4 is 23.0 Å². The first kappa shape index (κ1) is 13.4. The fraction of sp³-hybridized carbons (Fsp3) is 0.0714. The minimum atomic E-state index is 0.555. The number of nitrogens with two attached hydrogens (primary N) is 2. The van der Waals surface area contributed by atoms with Gasteiger partial charge in [0.2, 0.25) is 0 Å². The molecule has 0 saturated heterocycles. The lowest BCUT2D eigenvalue weighted by atomic mass is 10.1. The van der Waals surface area contributed by atoms with Crippen LogP contribution in [0, 0.1) is 6.92 Å². The highest BCUT2D eigenvalue weighted by molar-refractivity contribution is 6.31. The first-order valence-corrected chi connectivity index (χ1v) is 6.64. The second-order valence-electron chi connectivity index (χ2n) is 4.69. The van der Waals surface area contributed by atoms with Crippen molar-refractivity contribution in [3.8, 4) is 17.1 Å². The number of rotatable bonds is 2. The fourth-order valence-corrected chi connectivity index (χ4v) is 2.33. The summed E-state index contributed by atoms with van der Waals surface area (Å²) in [6.07, 6.45) is 0. The summed E-state index contributed by atoms with van der Waals surface area (Å²) in [5, 5.41) is 12.5. The largest absolute Gasteiger partial charge is 0.399 e. The Morgan fingerprint density at radius 3 is 2.52 bits per heavy atom. The van der Waals surface area contributed by atoms with Crippen LogP contribution in [0.1, 0.15) is 5.56 Å². The number of halogens is 1. The van der Waals surface area contributed by atoms with Crippen LogP contribution in [0.25, 0.3) is 17.1 Å². The zero-order valence-electron chi connectivity index (χ0n) is 11.3. The van der Waals surface area contributed by atoms with E-state index in [9.17, 15) is 0 Å². The quantitative estimate of drug-likeness (QED) is 0.709. The van der Waals surface area contributed by atoms with E-state index in [4.69, 9.17) is 23.1 Å². The molecule has 0 spiro atoms. The van der Waals surface area contributed by atoms with Gasteiger partial charge in [-0.1, -0.05) is 17.7 Å². The Balaban J connectivity index is 2.19. The summed E-state index contributed by atoms with van der Waals surface area (Å²) in [6.45, 7) is 1.91. The van der Waals surface area contributed by atoms with Crippen molar-refractivity contribution in [3.05, 3.63) is 47.0 Å². The molecule has 0 aliphatic rings. The second kappa shape index (κ2) is 5.06. The van der Waals surface area contributed by atoms with Gasteiger partial charge in [0, 0.05) is 22.0 Å². The molecule has 4 N–H and O–H groups in total. The molecule has 0 atom stereocenters. The van der Waals surface area contributed by atoms with Gasteiger partial charge in [-0.25, -0.2) is 0 Å². The van der Waals surface area contributed by atoms with E-state index in [2.05, 4.69) is 15.5 Å². The lowest BCUT2D eigenvalue weighted by Gasteiger charge is -2.09. The van der Waals surface area contributed by atoms with Crippen molar-refractivity contribution < 1.29 is 0 Å². The smallest absolute Gasteiger partial charge is 0.187 e. The zero-order valence-corrected chi connectivity index (χ0v) is 12.0. The van der Waals surface area contributed by atoms with E-state index in [1.54, 1.807) is 22.9 Å². The van der Waals surface area contributed by atoms with E-state index in [1.807, 2.05) is 25.1 Å². The SMILES string of the molecule is Cc1c(Cl)cccc1-n1nnnc1-c1cc(N)cc(N)c1. The number of benzene rings is 2. The van der Waals surface area contributed by atoms with E-state index < -0.39 is 0 Å². The molecule has 6 nitrogen and oxygen atoms in total. The van der Waals surface area contributed by atoms with E-state index in [0.29, 0.717) is 22.2 Å². The Morgan fingerprint density at radius 2 is 1.81 bits per heavy atom. The summed E-state index contributed by atoms with van der Waals surface area (Å²) in [5.74, 6) is 0.555. The lowest BCUT2D eigenvalue weighted by molar-refractivity contribution is 0.787. The van der Waals surface area contributed by atoms with Crippen LogP contribution in [0.15, 0.2) is 36.4 Å². The summed E-state index contributed by atoms with van der Waals surface area (Å²) in [7, 11) is 0. The predicted octanol–water partition coefficient (Wildman–Crippen LogP) is 2.46. The maximum absolute atomic E-state index is 6.16. The summed E-state index contributed by atoms with van der Waals surface area (Å²) >= 11 is 6.16. The molecule has 106 valence electrons. The van der Waals surface area contributed by atoms with Crippen LogP contribution in [0.3, 0.4) is 0 Å². The summed E-state index contributed by atoms with van der Waals surface area (Å²) < 4.78 is 1.62. The first-order valence-electron chi connectivity index (χ1n) is 6.26. The van der Waals surface area contributed by atoms with Crippen LogP contribution in [0.2, 0.25) is 5.02 Å². The number of anilines is 2. The molecule has 0 aliphatic heterocycles. The third-order valence-electron chi connectivity index (χ3n) is 3.17. The molecule has 0 amide bonds. The minimum Gasteiger partial charge on any atom is -0.399 e. The van der Waals surface area contributed by atoms with Gasteiger partial charge in [0.25, 0.3) is 0 Å². The zero-order chi connectivity index (χ0) is 15.0. The molecule has 21 heavy (non-hydrogen) atoms. The average Bonchev–Trinajstić information content (AvgIpc) is 2.90. The third kappa shape index (κ3) is 2.41. The molecule has 3 rings (SSSR count). The van der Waals surface area contributed by atoms with E-state index in [-0.39, 0.29) is 0 Å². The first-order chi connectivity index (χ1) is 10.1. The topological polar surface area (TPSA) is 95.6 Å². The van der Waals surface area contributed by atoms with Gasteiger partial charge >= 0.3 is 0 Å². The molecule has 0 radical (unpaired) electrons. The Labute approximate surface area is 126 Å². The van der Waals surface area contributed by atoms with Crippen LogP contribution in [-0.4, -0.2) is 20.2 Å². The maximum Gasteiger partial charge on any atom is 0.187 e. The molecular weight excluding hydrogens is 288 g/mol. The maximum atomic E-state index is 6.16. The summed E-state index contributed by atoms with van der Waals surface area (Å²) in [4.78, 5) is 0. The normalized spacial score (nSPS) is 10.8. The molecule has 0 saturated carbocycles. The Morgan fingerprint density at radius 1 is 1.10 bits per heavy atom. The highest BCUT2D eigenvalue weighted by Crippen LogP contribution is 2.27.